The lowest BCUT2D eigenvalue weighted by Crippen LogP contribution is -2.30. The van der Waals surface area contributed by atoms with Gasteiger partial charge in [0.1, 0.15) is 0 Å². The summed E-state index contributed by atoms with van der Waals surface area (Å²) in [4.78, 5) is 11.6. The van der Waals surface area contributed by atoms with E-state index < -0.39 is 0 Å². The Kier molecular flexibility index (Phi) is 3.17. The molecule has 0 amide bonds. The van der Waals surface area contributed by atoms with Crippen molar-refractivity contribution >= 4 is 22.6 Å². The van der Waals surface area contributed by atoms with Gasteiger partial charge in [-0.05, 0) is 35.4 Å². The Hall–Kier alpha value is -0.430. The fraction of sp³-hybridized carbons (Fsp3) is 0.556. The molecule has 0 aromatic carbocycles. The SMILES string of the molecule is O=c1cc(I)cnn1C1CCOCC1. The van der Waals surface area contributed by atoms with E-state index >= 15 is 0 Å². The molecule has 0 aliphatic carbocycles. The van der Waals surface area contributed by atoms with Crippen molar-refractivity contribution in [3.63, 3.8) is 0 Å². The highest BCUT2D eigenvalue weighted by Crippen LogP contribution is 2.17. The number of hydrogen-bond donors (Lipinski definition) is 0. The van der Waals surface area contributed by atoms with Gasteiger partial charge in [-0.15, -0.1) is 0 Å². The lowest BCUT2D eigenvalue weighted by Gasteiger charge is -2.22. The molecule has 0 bridgehead atoms. The Morgan fingerprint density at radius 1 is 1.50 bits per heavy atom. The molecule has 1 saturated heterocycles. The van der Waals surface area contributed by atoms with E-state index in [0.717, 1.165) is 29.6 Å². The van der Waals surface area contributed by atoms with Gasteiger partial charge in [0.15, 0.2) is 0 Å². The fourth-order valence-electron chi connectivity index (χ4n) is 1.60. The molecule has 0 unspecified atom stereocenters. The van der Waals surface area contributed by atoms with Crippen molar-refractivity contribution in [3.8, 4) is 0 Å². The number of rotatable bonds is 1. The summed E-state index contributed by atoms with van der Waals surface area (Å²) in [7, 11) is 0. The van der Waals surface area contributed by atoms with E-state index in [4.69, 9.17) is 4.74 Å². The summed E-state index contributed by atoms with van der Waals surface area (Å²) in [5, 5.41) is 4.14. The van der Waals surface area contributed by atoms with Gasteiger partial charge in [-0.1, -0.05) is 0 Å². The molecular formula is C9H11IN2O2. The molecular weight excluding hydrogens is 295 g/mol. The van der Waals surface area contributed by atoms with Crippen LogP contribution in [-0.2, 0) is 4.74 Å². The van der Waals surface area contributed by atoms with Gasteiger partial charge in [0.25, 0.3) is 5.56 Å². The zero-order chi connectivity index (χ0) is 9.97. The summed E-state index contributed by atoms with van der Waals surface area (Å²) in [5.74, 6) is 0. The molecule has 5 heteroatoms. The first-order chi connectivity index (χ1) is 6.77. The molecule has 1 aliphatic rings. The minimum Gasteiger partial charge on any atom is -0.381 e. The van der Waals surface area contributed by atoms with Crippen LogP contribution < -0.4 is 5.56 Å². The molecule has 1 aromatic heterocycles. The van der Waals surface area contributed by atoms with Gasteiger partial charge < -0.3 is 4.74 Å². The van der Waals surface area contributed by atoms with Crippen LogP contribution >= 0.6 is 22.6 Å². The minimum atomic E-state index is -0.0104. The largest absolute Gasteiger partial charge is 0.381 e. The standard InChI is InChI=1S/C9H11IN2O2/c10-7-5-9(13)12(11-6-7)8-1-3-14-4-2-8/h5-6,8H,1-4H2. The monoisotopic (exact) mass is 306 g/mol. The first kappa shape index (κ1) is 10.1. The molecule has 14 heavy (non-hydrogen) atoms. The molecule has 4 nitrogen and oxygen atoms in total. The highest BCUT2D eigenvalue weighted by atomic mass is 127. The van der Waals surface area contributed by atoms with Crippen molar-refractivity contribution < 1.29 is 4.74 Å². The molecule has 0 spiro atoms. The maximum absolute atomic E-state index is 11.6. The van der Waals surface area contributed by atoms with Crippen molar-refractivity contribution in [1.29, 1.82) is 0 Å². The van der Waals surface area contributed by atoms with Crippen molar-refractivity contribution in [1.82, 2.24) is 9.78 Å². The summed E-state index contributed by atoms with van der Waals surface area (Å²) in [5.41, 5.74) is -0.0104. The second-order valence-electron chi connectivity index (χ2n) is 3.30. The lowest BCUT2D eigenvalue weighted by atomic mass is 10.1. The third kappa shape index (κ3) is 2.14. The van der Waals surface area contributed by atoms with E-state index in [1.54, 1.807) is 16.9 Å². The fourth-order valence-corrected chi connectivity index (χ4v) is 1.99. The van der Waals surface area contributed by atoms with Crippen LogP contribution in [0.25, 0.3) is 0 Å². The van der Waals surface area contributed by atoms with Crippen LogP contribution in [-0.4, -0.2) is 23.0 Å². The van der Waals surface area contributed by atoms with Gasteiger partial charge in [-0.25, -0.2) is 4.68 Å². The van der Waals surface area contributed by atoms with Crippen molar-refractivity contribution in [3.05, 3.63) is 26.2 Å². The summed E-state index contributed by atoms with van der Waals surface area (Å²) in [6.07, 6.45) is 3.48. The maximum Gasteiger partial charge on any atom is 0.268 e. The number of ether oxygens (including phenoxy) is 1. The second-order valence-corrected chi connectivity index (χ2v) is 4.55. The smallest absolute Gasteiger partial charge is 0.268 e. The Balaban J connectivity index is 2.26. The van der Waals surface area contributed by atoms with E-state index in [1.165, 1.54) is 0 Å². The average Bonchev–Trinajstić information content (AvgIpc) is 2.19. The Morgan fingerprint density at radius 3 is 2.86 bits per heavy atom. The van der Waals surface area contributed by atoms with Crippen molar-refractivity contribution in [2.45, 2.75) is 18.9 Å². The quantitative estimate of drug-likeness (QED) is 0.732. The number of nitrogens with zero attached hydrogens (tertiary/aromatic N) is 2. The minimum absolute atomic E-state index is 0.0104. The van der Waals surface area contributed by atoms with Gasteiger partial charge >= 0.3 is 0 Å². The normalized spacial score (nSPS) is 18.4. The second kappa shape index (κ2) is 4.39. The third-order valence-corrected chi connectivity index (χ3v) is 2.92. The highest BCUT2D eigenvalue weighted by molar-refractivity contribution is 14.1. The zero-order valence-electron chi connectivity index (χ0n) is 7.65. The summed E-state index contributed by atoms with van der Waals surface area (Å²) < 4.78 is 7.70. The van der Waals surface area contributed by atoms with Crippen molar-refractivity contribution in [2.75, 3.05) is 13.2 Å². The molecule has 2 rings (SSSR count). The average molecular weight is 306 g/mol. The van der Waals surface area contributed by atoms with Crippen LogP contribution in [0.4, 0.5) is 0 Å². The zero-order valence-corrected chi connectivity index (χ0v) is 9.81. The molecule has 0 N–H and O–H groups in total. The molecule has 1 fully saturated rings. The Morgan fingerprint density at radius 2 is 2.21 bits per heavy atom. The van der Waals surface area contributed by atoms with E-state index in [2.05, 4.69) is 27.7 Å². The Bertz CT molecular complexity index is 371. The van der Waals surface area contributed by atoms with Gasteiger partial charge in [0.2, 0.25) is 0 Å². The molecule has 2 heterocycles. The van der Waals surface area contributed by atoms with E-state index in [1.807, 2.05) is 0 Å². The number of hydrogen-bond acceptors (Lipinski definition) is 3. The van der Waals surface area contributed by atoms with E-state index in [0.29, 0.717) is 0 Å². The first-order valence-corrected chi connectivity index (χ1v) is 5.67. The summed E-state index contributed by atoms with van der Waals surface area (Å²) >= 11 is 2.09. The molecule has 0 radical (unpaired) electrons. The van der Waals surface area contributed by atoms with Crippen LogP contribution in [0.5, 0.6) is 0 Å². The predicted molar refractivity (Wildman–Crippen MR) is 60.3 cm³/mol. The van der Waals surface area contributed by atoms with E-state index in [-0.39, 0.29) is 11.6 Å². The predicted octanol–water partition coefficient (Wildman–Crippen LogP) is 1.20. The van der Waals surface area contributed by atoms with Crippen LogP contribution in [0, 0.1) is 3.57 Å². The molecule has 1 aromatic rings. The first-order valence-electron chi connectivity index (χ1n) is 4.59. The molecule has 0 saturated carbocycles. The third-order valence-electron chi connectivity index (χ3n) is 2.33. The number of aromatic nitrogens is 2. The van der Waals surface area contributed by atoms with Gasteiger partial charge in [0, 0.05) is 22.9 Å². The van der Waals surface area contributed by atoms with Crippen LogP contribution in [0.3, 0.4) is 0 Å². The van der Waals surface area contributed by atoms with E-state index in [9.17, 15) is 4.79 Å². The van der Waals surface area contributed by atoms with Crippen LogP contribution in [0.1, 0.15) is 18.9 Å². The lowest BCUT2D eigenvalue weighted by molar-refractivity contribution is 0.0647. The summed E-state index contributed by atoms with van der Waals surface area (Å²) in [6.45, 7) is 1.45. The topological polar surface area (TPSA) is 44.1 Å². The molecule has 1 aliphatic heterocycles. The van der Waals surface area contributed by atoms with Gasteiger partial charge in [0.05, 0.1) is 12.2 Å². The van der Waals surface area contributed by atoms with Crippen LogP contribution in [0.2, 0.25) is 0 Å². The van der Waals surface area contributed by atoms with Gasteiger partial charge in [-0.3, -0.25) is 4.79 Å². The maximum atomic E-state index is 11.6. The molecule has 0 atom stereocenters. The summed E-state index contributed by atoms with van der Waals surface area (Å²) in [6, 6.07) is 1.83. The Labute approximate surface area is 95.4 Å². The highest BCUT2D eigenvalue weighted by Gasteiger charge is 2.17. The number of halogens is 1. The van der Waals surface area contributed by atoms with Crippen molar-refractivity contribution in [2.24, 2.45) is 0 Å². The molecule has 76 valence electrons. The van der Waals surface area contributed by atoms with Crippen LogP contribution in [0.15, 0.2) is 17.1 Å². The van der Waals surface area contributed by atoms with Gasteiger partial charge in [-0.2, -0.15) is 5.10 Å².